The lowest BCUT2D eigenvalue weighted by atomic mass is 10.2. The Kier molecular flexibility index (Phi) is 4.95. The van der Waals surface area contributed by atoms with Crippen LogP contribution in [0.1, 0.15) is 12.0 Å². The lowest BCUT2D eigenvalue weighted by Gasteiger charge is -2.05. The van der Waals surface area contributed by atoms with Crippen LogP contribution in [0.5, 0.6) is 0 Å². The van der Waals surface area contributed by atoms with E-state index in [4.69, 9.17) is 28.9 Å². The van der Waals surface area contributed by atoms with Crippen LogP contribution in [-0.4, -0.2) is 22.8 Å². The maximum atomic E-state index is 5.96. The van der Waals surface area contributed by atoms with Gasteiger partial charge in [-0.15, -0.1) is 0 Å². The van der Waals surface area contributed by atoms with Gasteiger partial charge in [0.25, 0.3) is 0 Å². The minimum absolute atomic E-state index is 0.433. The Bertz CT molecular complexity index is 296. The molecule has 0 aromatic carbocycles. The van der Waals surface area contributed by atoms with Crippen LogP contribution in [0.3, 0.4) is 0 Å². The Morgan fingerprint density at radius 2 is 1.86 bits per heavy atom. The molecule has 0 aliphatic heterocycles. The van der Waals surface area contributed by atoms with Gasteiger partial charge in [-0.05, 0) is 25.6 Å². The fourth-order valence-corrected chi connectivity index (χ4v) is 2.03. The van der Waals surface area contributed by atoms with Crippen molar-refractivity contribution in [1.29, 1.82) is 0 Å². The number of thioether (sulfide) groups is 1. The largest absolute Gasteiger partial charge is 0.330 e. The molecule has 6 heteroatoms. The van der Waals surface area contributed by atoms with Crippen molar-refractivity contribution in [3.63, 3.8) is 0 Å². The zero-order valence-corrected chi connectivity index (χ0v) is 10.1. The number of hydrogen-bond donors (Lipinski definition) is 1. The summed E-state index contributed by atoms with van der Waals surface area (Å²) in [5.41, 5.74) is 6.19. The summed E-state index contributed by atoms with van der Waals surface area (Å²) >= 11 is 13.3. The maximum absolute atomic E-state index is 5.96. The third-order valence-electron chi connectivity index (χ3n) is 1.70. The molecule has 78 valence electrons. The van der Waals surface area contributed by atoms with E-state index in [2.05, 4.69) is 9.97 Å². The predicted octanol–water partition coefficient (Wildman–Crippen LogP) is 2.40. The van der Waals surface area contributed by atoms with Crippen LogP contribution >= 0.6 is 35.0 Å². The lowest BCUT2D eigenvalue weighted by Crippen LogP contribution is -2.03. The van der Waals surface area contributed by atoms with Gasteiger partial charge in [0, 0.05) is 5.56 Å². The monoisotopic (exact) mass is 251 g/mol. The van der Waals surface area contributed by atoms with Gasteiger partial charge in [-0.25, -0.2) is 9.97 Å². The van der Waals surface area contributed by atoms with Crippen LogP contribution in [0.2, 0.25) is 10.3 Å². The molecule has 0 fully saturated rings. The van der Waals surface area contributed by atoms with E-state index in [1.165, 1.54) is 11.8 Å². The molecule has 0 atom stereocenters. The van der Waals surface area contributed by atoms with E-state index in [1.54, 1.807) is 0 Å². The van der Waals surface area contributed by atoms with Crippen molar-refractivity contribution in [3.8, 4) is 0 Å². The molecule has 1 aromatic rings. The second-order valence-electron chi connectivity index (χ2n) is 2.66. The summed E-state index contributed by atoms with van der Waals surface area (Å²) in [5.74, 6) is 0. The number of nitrogens with zero attached hydrogens (tertiary/aromatic N) is 2. The molecule has 0 bridgehead atoms. The van der Waals surface area contributed by atoms with Crippen LogP contribution < -0.4 is 5.73 Å². The fraction of sp³-hybridized carbons (Fsp3) is 0.500. The molecule has 1 rings (SSSR count). The lowest BCUT2D eigenvalue weighted by molar-refractivity contribution is 0.811. The standard InChI is InChI=1S/C8H11Cl2N3S/c1-14-8-12-6(9)5(3-2-4-11)7(10)13-8/h2-4,11H2,1H3. The molecule has 1 aromatic heterocycles. The second-order valence-corrected chi connectivity index (χ2v) is 4.15. The molecular weight excluding hydrogens is 241 g/mol. The summed E-state index contributed by atoms with van der Waals surface area (Å²) in [4.78, 5) is 8.19. The Labute approximate surface area is 97.4 Å². The Balaban J connectivity index is 2.93. The fourth-order valence-electron chi connectivity index (χ4n) is 0.989. The molecule has 0 spiro atoms. The van der Waals surface area contributed by atoms with Crippen molar-refractivity contribution in [2.75, 3.05) is 12.8 Å². The van der Waals surface area contributed by atoms with Crippen LogP contribution in [0, 0.1) is 0 Å². The van der Waals surface area contributed by atoms with Crippen LogP contribution in [-0.2, 0) is 6.42 Å². The molecular formula is C8H11Cl2N3S. The van der Waals surface area contributed by atoms with Crippen molar-refractivity contribution >= 4 is 35.0 Å². The van der Waals surface area contributed by atoms with Crippen molar-refractivity contribution in [2.45, 2.75) is 18.0 Å². The van der Waals surface area contributed by atoms with E-state index in [9.17, 15) is 0 Å². The highest BCUT2D eigenvalue weighted by atomic mass is 35.5. The third kappa shape index (κ3) is 2.98. The molecule has 3 nitrogen and oxygen atoms in total. The average Bonchev–Trinajstić information content (AvgIpc) is 2.16. The van der Waals surface area contributed by atoms with Crippen LogP contribution in [0.25, 0.3) is 0 Å². The van der Waals surface area contributed by atoms with E-state index < -0.39 is 0 Å². The molecule has 0 aliphatic rings. The number of hydrogen-bond acceptors (Lipinski definition) is 4. The van der Waals surface area contributed by atoms with Gasteiger partial charge in [-0.3, -0.25) is 0 Å². The number of halogens is 2. The first-order valence-electron chi connectivity index (χ1n) is 4.15. The number of aromatic nitrogens is 2. The molecule has 2 N–H and O–H groups in total. The predicted molar refractivity (Wildman–Crippen MR) is 61.2 cm³/mol. The molecule has 14 heavy (non-hydrogen) atoms. The molecule has 1 heterocycles. The topological polar surface area (TPSA) is 51.8 Å². The first-order valence-corrected chi connectivity index (χ1v) is 6.13. The zero-order chi connectivity index (χ0) is 10.6. The minimum atomic E-state index is 0.433. The third-order valence-corrected chi connectivity index (χ3v) is 2.87. The van der Waals surface area contributed by atoms with Crippen molar-refractivity contribution in [1.82, 2.24) is 9.97 Å². The van der Waals surface area contributed by atoms with Gasteiger partial charge in [-0.1, -0.05) is 35.0 Å². The van der Waals surface area contributed by atoms with Crippen LogP contribution in [0.4, 0.5) is 0 Å². The molecule has 0 radical (unpaired) electrons. The molecule has 0 amide bonds. The van der Waals surface area contributed by atoms with E-state index in [0.717, 1.165) is 18.4 Å². The van der Waals surface area contributed by atoms with E-state index in [1.807, 2.05) is 6.26 Å². The molecule has 0 saturated heterocycles. The zero-order valence-electron chi connectivity index (χ0n) is 7.76. The van der Waals surface area contributed by atoms with Crippen LogP contribution in [0.15, 0.2) is 5.16 Å². The highest BCUT2D eigenvalue weighted by molar-refractivity contribution is 7.98. The first-order chi connectivity index (χ1) is 6.69. The normalized spacial score (nSPS) is 10.6. The number of rotatable bonds is 4. The SMILES string of the molecule is CSc1nc(Cl)c(CCCN)c(Cl)n1. The van der Waals surface area contributed by atoms with Gasteiger partial charge < -0.3 is 5.73 Å². The Morgan fingerprint density at radius 3 is 2.29 bits per heavy atom. The summed E-state index contributed by atoms with van der Waals surface area (Å²) in [6, 6.07) is 0. The van der Waals surface area contributed by atoms with E-state index in [0.29, 0.717) is 22.0 Å². The summed E-state index contributed by atoms with van der Waals surface area (Å²) in [5, 5.41) is 1.46. The van der Waals surface area contributed by atoms with Gasteiger partial charge in [-0.2, -0.15) is 0 Å². The first kappa shape index (κ1) is 12.0. The minimum Gasteiger partial charge on any atom is -0.330 e. The summed E-state index contributed by atoms with van der Waals surface area (Å²) in [7, 11) is 0. The van der Waals surface area contributed by atoms with Gasteiger partial charge in [0.15, 0.2) is 5.16 Å². The Morgan fingerprint density at radius 1 is 1.29 bits per heavy atom. The molecule has 0 unspecified atom stereocenters. The summed E-state index contributed by atoms with van der Waals surface area (Å²) in [6.45, 7) is 0.608. The quantitative estimate of drug-likeness (QED) is 0.508. The van der Waals surface area contributed by atoms with Crippen molar-refractivity contribution in [2.24, 2.45) is 5.73 Å². The van der Waals surface area contributed by atoms with E-state index >= 15 is 0 Å². The van der Waals surface area contributed by atoms with Crippen molar-refractivity contribution < 1.29 is 0 Å². The van der Waals surface area contributed by atoms with Gasteiger partial charge in [0.05, 0.1) is 0 Å². The van der Waals surface area contributed by atoms with Crippen molar-refractivity contribution in [3.05, 3.63) is 15.9 Å². The smallest absolute Gasteiger partial charge is 0.190 e. The van der Waals surface area contributed by atoms with Gasteiger partial charge >= 0.3 is 0 Å². The number of nitrogens with two attached hydrogens (primary N) is 1. The summed E-state index contributed by atoms with van der Waals surface area (Å²) in [6.07, 6.45) is 3.44. The maximum Gasteiger partial charge on any atom is 0.190 e. The highest BCUT2D eigenvalue weighted by Gasteiger charge is 2.10. The second kappa shape index (κ2) is 5.75. The average molecular weight is 252 g/mol. The van der Waals surface area contributed by atoms with Gasteiger partial charge in [0.1, 0.15) is 10.3 Å². The molecule has 0 saturated carbocycles. The van der Waals surface area contributed by atoms with E-state index in [-0.39, 0.29) is 0 Å². The highest BCUT2D eigenvalue weighted by Crippen LogP contribution is 2.25. The summed E-state index contributed by atoms with van der Waals surface area (Å²) < 4.78 is 0. The van der Waals surface area contributed by atoms with Gasteiger partial charge in [0.2, 0.25) is 0 Å². The Hall–Kier alpha value is -0.0300. The molecule has 0 aliphatic carbocycles.